The smallest absolute Gasteiger partial charge is 0.233 e. The second-order valence-corrected chi connectivity index (χ2v) is 7.65. The van der Waals surface area contributed by atoms with E-state index < -0.39 is 0 Å². The molecule has 26 heavy (non-hydrogen) atoms. The minimum absolute atomic E-state index is 0.0830. The number of thioether (sulfide) groups is 1. The van der Waals surface area contributed by atoms with E-state index in [1.54, 1.807) is 0 Å². The highest BCUT2D eigenvalue weighted by Crippen LogP contribution is 2.26. The van der Waals surface area contributed by atoms with Crippen molar-refractivity contribution < 1.29 is 9.53 Å². The van der Waals surface area contributed by atoms with E-state index in [1.807, 2.05) is 30.9 Å². The van der Waals surface area contributed by atoms with Crippen molar-refractivity contribution in [3.8, 4) is 11.4 Å². The van der Waals surface area contributed by atoms with Gasteiger partial charge in [0.2, 0.25) is 5.91 Å². The molecule has 1 aromatic heterocycles. The summed E-state index contributed by atoms with van der Waals surface area (Å²) in [4.78, 5) is 14.5. The Kier molecular flexibility index (Phi) is 5.98. The Hall–Kier alpha value is -1.86. The first kappa shape index (κ1) is 18.9. The highest BCUT2D eigenvalue weighted by atomic mass is 32.2. The number of benzene rings is 1. The highest BCUT2D eigenvalue weighted by molar-refractivity contribution is 7.99. The molecule has 2 heterocycles. The lowest BCUT2D eigenvalue weighted by Gasteiger charge is -2.35. The van der Waals surface area contributed by atoms with Crippen molar-refractivity contribution in [3.05, 3.63) is 29.8 Å². The maximum Gasteiger partial charge on any atom is 0.233 e. The summed E-state index contributed by atoms with van der Waals surface area (Å²) in [6, 6.07) is 8.15. The number of morpholine rings is 1. The fourth-order valence-electron chi connectivity index (χ4n) is 3.30. The number of nitrogens with zero attached hydrogens (tertiary/aromatic N) is 4. The van der Waals surface area contributed by atoms with Gasteiger partial charge in [0.05, 0.1) is 18.0 Å². The van der Waals surface area contributed by atoms with Gasteiger partial charge in [0, 0.05) is 25.2 Å². The largest absolute Gasteiger partial charge is 0.372 e. The molecule has 2 atom stereocenters. The van der Waals surface area contributed by atoms with Crippen molar-refractivity contribution in [3.63, 3.8) is 0 Å². The lowest BCUT2D eigenvalue weighted by Crippen LogP contribution is -2.48. The van der Waals surface area contributed by atoms with Gasteiger partial charge < -0.3 is 14.2 Å². The van der Waals surface area contributed by atoms with Crippen molar-refractivity contribution in [1.29, 1.82) is 0 Å². The van der Waals surface area contributed by atoms with E-state index in [1.165, 1.54) is 17.3 Å². The number of carbonyl (C=O) groups is 1. The molecule has 0 saturated carbocycles. The van der Waals surface area contributed by atoms with E-state index >= 15 is 0 Å². The molecular weight excluding hydrogens is 348 g/mol. The summed E-state index contributed by atoms with van der Waals surface area (Å²) < 4.78 is 7.78. The van der Waals surface area contributed by atoms with Crippen LogP contribution in [-0.4, -0.2) is 56.6 Å². The van der Waals surface area contributed by atoms with E-state index in [0.29, 0.717) is 18.8 Å². The van der Waals surface area contributed by atoms with E-state index in [-0.39, 0.29) is 18.1 Å². The van der Waals surface area contributed by atoms with Crippen LogP contribution in [0.15, 0.2) is 29.4 Å². The fraction of sp³-hybridized carbons (Fsp3) is 0.526. The first-order valence-corrected chi connectivity index (χ1v) is 10.0. The van der Waals surface area contributed by atoms with Crippen LogP contribution in [0, 0.1) is 6.92 Å². The summed E-state index contributed by atoms with van der Waals surface area (Å²) in [6.45, 7) is 10.2. The van der Waals surface area contributed by atoms with Crippen LogP contribution in [0.3, 0.4) is 0 Å². The predicted molar refractivity (Wildman–Crippen MR) is 103 cm³/mol. The quantitative estimate of drug-likeness (QED) is 0.753. The van der Waals surface area contributed by atoms with Gasteiger partial charge in [-0.1, -0.05) is 36.0 Å². The molecule has 0 radical (unpaired) electrons. The van der Waals surface area contributed by atoms with Crippen molar-refractivity contribution in [2.45, 2.75) is 51.6 Å². The molecule has 0 bridgehead atoms. The zero-order valence-corrected chi connectivity index (χ0v) is 16.6. The van der Waals surface area contributed by atoms with Gasteiger partial charge in [0.15, 0.2) is 11.0 Å². The first-order valence-electron chi connectivity index (χ1n) is 9.04. The molecule has 1 aromatic carbocycles. The third-order valence-corrected chi connectivity index (χ3v) is 5.47. The van der Waals surface area contributed by atoms with Gasteiger partial charge in [-0.25, -0.2) is 0 Å². The minimum atomic E-state index is 0.0830. The van der Waals surface area contributed by atoms with Gasteiger partial charge in [-0.2, -0.15) is 0 Å². The second-order valence-electron chi connectivity index (χ2n) is 6.71. The average Bonchev–Trinajstić information content (AvgIpc) is 3.01. The van der Waals surface area contributed by atoms with Crippen molar-refractivity contribution in [2.24, 2.45) is 0 Å². The Labute approximate surface area is 158 Å². The number of rotatable bonds is 5. The van der Waals surface area contributed by atoms with Crippen LogP contribution in [-0.2, 0) is 16.1 Å². The molecule has 0 aliphatic carbocycles. The molecule has 1 fully saturated rings. The molecule has 0 N–H and O–H groups in total. The van der Waals surface area contributed by atoms with Gasteiger partial charge in [0.25, 0.3) is 0 Å². The highest BCUT2D eigenvalue weighted by Gasteiger charge is 2.26. The van der Waals surface area contributed by atoms with Gasteiger partial charge in [-0.3, -0.25) is 4.79 Å². The van der Waals surface area contributed by atoms with E-state index in [4.69, 9.17) is 4.74 Å². The minimum Gasteiger partial charge on any atom is -0.372 e. The van der Waals surface area contributed by atoms with E-state index in [9.17, 15) is 4.79 Å². The lowest BCUT2D eigenvalue weighted by atomic mass is 10.1. The van der Waals surface area contributed by atoms with Crippen molar-refractivity contribution in [2.75, 3.05) is 18.8 Å². The van der Waals surface area contributed by atoms with Crippen LogP contribution in [0.5, 0.6) is 0 Å². The number of hydrogen-bond donors (Lipinski definition) is 0. The zero-order chi connectivity index (χ0) is 18.7. The molecule has 1 amide bonds. The van der Waals surface area contributed by atoms with Gasteiger partial charge in [0.1, 0.15) is 0 Å². The molecule has 0 spiro atoms. The third-order valence-electron chi connectivity index (χ3n) is 4.52. The molecule has 140 valence electrons. The van der Waals surface area contributed by atoms with Gasteiger partial charge in [-0.15, -0.1) is 10.2 Å². The molecule has 1 aliphatic rings. The zero-order valence-electron chi connectivity index (χ0n) is 15.8. The van der Waals surface area contributed by atoms with Crippen LogP contribution in [0.25, 0.3) is 11.4 Å². The van der Waals surface area contributed by atoms with Crippen LogP contribution in [0.1, 0.15) is 26.3 Å². The fourth-order valence-corrected chi connectivity index (χ4v) is 4.21. The molecule has 1 aliphatic heterocycles. The van der Waals surface area contributed by atoms with Crippen LogP contribution in [0.4, 0.5) is 0 Å². The van der Waals surface area contributed by atoms with E-state index in [0.717, 1.165) is 23.1 Å². The molecule has 3 rings (SSSR count). The number of ether oxygens (including phenoxy) is 1. The summed E-state index contributed by atoms with van der Waals surface area (Å²) in [7, 11) is 0. The molecule has 2 aromatic rings. The Morgan fingerprint density at radius 1 is 1.23 bits per heavy atom. The van der Waals surface area contributed by atoms with Gasteiger partial charge >= 0.3 is 0 Å². The summed E-state index contributed by atoms with van der Waals surface area (Å²) in [6.07, 6.45) is 0.166. The predicted octanol–water partition coefficient (Wildman–Crippen LogP) is 3.00. The summed E-state index contributed by atoms with van der Waals surface area (Å²) >= 11 is 1.45. The topological polar surface area (TPSA) is 60.2 Å². The number of aromatic nitrogens is 3. The number of hydrogen-bond acceptors (Lipinski definition) is 5. The summed E-state index contributed by atoms with van der Waals surface area (Å²) in [5.41, 5.74) is 2.24. The summed E-state index contributed by atoms with van der Waals surface area (Å²) in [5.74, 6) is 1.35. The Morgan fingerprint density at radius 2 is 1.92 bits per heavy atom. The maximum atomic E-state index is 12.6. The molecular formula is C19H26N4O2S. The van der Waals surface area contributed by atoms with Crippen LogP contribution in [0.2, 0.25) is 0 Å². The lowest BCUT2D eigenvalue weighted by molar-refractivity contribution is -0.140. The van der Waals surface area contributed by atoms with Crippen LogP contribution < -0.4 is 0 Å². The monoisotopic (exact) mass is 374 g/mol. The average molecular weight is 375 g/mol. The second kappa shape index (κ2) is 8.22. The Morgan fingerprint density at radius 3 is 2.58 bits per heavy atom. The van der Waals surface area contributed by atoms with Crippen molar-refractivity contribution in [1.82, 2.24) is 19.7 Å². The molecule has 1 saturated heterocycles. The standard InChI is InChI=1S/C19H26N4O2S/c1-5-23-18(16-9-7-6-8-13(16)2)20-21-19(23)26-12-17(24)22-10-14(3)25-15(4)11-22/h6-9,14-15H,5,10-12H2,1-4H3/t14-,15-/m0/s1. The number of carbonyl (C=O) groups excluding carboxylic acids is 1. The summed E-state index contributed by atoms with van der Waals surface area (Å²) in [5, 5.41) is 9.50. The molecule has 7 heteroatoms. The molecule has 6 nitrogen and oxygen atoms in total. The van der Waals surface area contributed by atoms with Crippen LogP contribution >= 0.6 is 11.8 Å². The Balaban J connectivity index is 1.71. The van der Waals surface area contributed by atoms with Crippen molar-refractivity contribution >= 4 is 17.7 Å². The maximum absolute atomic E-state index is 12.6. The normalized spacial score (nSPS) is 20.4. The number of amides is 1. The Bertz CT molecular complexity index is 767. The number of aryl methyl sites for hydroxylation is 1. The van der Waals surface area contributed by atoms with E-state index in [2.05, 4.69) is 40.7 Å². The third kappa shape index (κ3) is 4.10. The van der Waals surface area contributed by atoms with Gasteiger partial charge in [-0.05, 0) is 33.3 Å². The SMILES string of the molecule is CCn1c(SCC(=O)N2C[C@H](C)O[C@@H](C)C2)nnc1-c1ccccc1C. The molecule has 0 unspecified atom stereocenters. The first-order chi connectivity index (χ1) is 12.5.